The van der Waals surface area contributed by atoms with Gasteiger partial charge in [0.1, 0.15) is 0 Å². The Hall–Kier alpha value is -1.12. The van der Waals surface area contributed by atoms with E-state index in [1.54, 1.807) is 24.3 Å². The Kier molecular flexibility index (Phi) is 2.21. The predicted octanol–water partition coefficient (Wildman–Crippen LogP) is 3.35. The Morgan fingerprint density at radius 2 is 2.07 bits per heavy atom. The standard InChI is InChI=1S/C12H15F2N/c1-2-6-11(8-12(11,13)14)9-4-3-5-10(15)7-9/h3-5,7H,2,6,8,15H2,1H3. The van der Waals surface area contributed by atoms with Crippen LogP contribution in [-0.4, -0.2) is 5.92 Å². The van der Waals surface area contributed by atoms with Crippen molar-refractivity contribution in [3.8, 4) is 0 Å². The molecule has 0 aliphatic heterocycles. The molecule has 0 spiro atoms. The van der Waals surface area contributed by atoms with E-state index in [0.717, 1.165) is 6.42 Å². The first kappa shape index (κ1) is 10.4. The second-order valence-corrected chi connectivity index (χ2v) is 4.34. The molecule has 0 saturated heterocycles. The first-order valence-electron chi connectivity index (χ1n) is 5.26. The van der Waals surface area contributed by atoms with Gasteiger partial charge < -0.3 is 5.73 Å². The predicted molar refractivity (Wildman–Crippen MR) is 57.0 cm³/mol. The van der Waals surface area contributed by atoms with E-state index in [9.17, 15) is 8.78 Å². The van der Waals surface area contributed by atoms with Gasteiger partial charge in [-0.25, -0.2) is 8.78 Å². The normalized spacial score (nSPS) is 27.7. The zero-order valence-electron chi connectivity index (χ0n) is 8.76. The van der Waals surface area contributed by atoms with E-state index in [1.165, 1.54) is 0 Å². The fraction of sp³-hybridized carbons (Fsp3) is 0.500. The van der Waals surface area contributed by atoms with Crippen LogP contribution in [0, 0.1) is 0 Å². The van der Waals surface area contributed by atoms with Gasteiger partial charge in [0.25, 0.3) is 5.92 Å². The third-order valence-corrected chi connectivity index (χ3v) is 3.21. The van der Waals surface area contributed by atoms with Gasteiger partial charge in [-0.3, -0.25) is 0 Å². The topological polar surface area (TPSA) is 26.0 Å². The first-order chi connectivity index (χ1) is 7.02. The summed E-state index contributed by atoms with van der Waals surface area (Å²) < 4.78 is 26.8. The molecule has 1 nitrogen and oxygen atoms in total. The number of benzene rings is 1. The van der Waals surface area contributed by atoms with Crippen molar-refractivity contribution in [2.75, 3.05) is 5.73 Å². The van der Waals surface area contributed by atoms with E-state index >= 15 is 0 Å². The van der Waals surface area contributed by atoms with E-state index in [2.05, 4.69) is 0 Å². The van der Waals surface area contributed by atoms with Gasteiger partial charge in [-0.05, 0) is 24.1 Å². The fourth-order valence-corrected chi connectivity index (χ4v) is 2.33. The third kappa shape index (κ3) is 1.50. The van der Waals surface area contributed by atoms with E-state index in [0.29, 0.717) is 17.7 Å². The molecule has 82 valence electrons. The molecule has 2 rings (SSSR count). The summed E-state index contributed by atoms with van der Waals surface area (Å²) in [6.07, 6.45) is 1.27. The number of alkyl halides is 2. The van der Waals surface area contributed by atoms with Crippen molar-refractivity contribution in [1.82, 2.24) is 0 Å². The van der Waals surface area contributed by atoms with Crippen LogP contribution in [0.25, 0.3) is 0 Å². The highest BCUT2D eigenvalue weighted by atomic mass is 19.3. The summed E-state index contributed by atoms with van der Waals surface area (Å²) in [5.41, 5.74) is 5.94. The number of halogens is 2. The van der Waals surface area contributed by atoms with Crippen molar-refractivity contribution in [2.45, 2.75) is 37.5 Å². The van der Waals surface area contributed by atoms with Crippen molar-refractivity contribution in [3.05, 3.63) is 29.8 Å². The summed E-state index contributed by atoms with van der Waals surface area (Å²) in [7, 11) is 0. The van der Waals surface area contributed by atoms with Crippen LogP contribution in [0.1, 0.15) is 31.7 Å². The number of nitrogen functional groups attached to an aromatic ring is 1. The number of hydrogen-bond donors (Lipinski definition) is 1. The molecule has 1 aliphatic carbocycles. The van der Waals surface area contributed by atoms with Gasteiger partial charge in [-0.2, -0.15) is 0 Å². The summed E-state index contributed by atoms with van der Waals surface area (Å²) in [5.74, 6) is -2.54. The zero-order chi connectivity index (χ0) is 11.1. The van der Waals surface area contributed by atoms with E-state index < -0.39 is 11.3 Å². The SMILES string of the molecule is CCCC1(c2cccc(N)c2)CC1(F)F. The summed E-state index contributed by atoms with van der Waals surface area (Å²) >= 11 is 0. The maximum Gasteiger partial charge on any atom is 0.258 e. The van der Waals surface area contributed by atoms with Crippen LogP contribution < -0.4 is 5.73 Å². The van der Waals surface area contributed by atoms with Crippen LogP contribution in [-0.2, 0) is 5.41 Å². The fourth-order valence-electron chi connectivity index (χ4n) is 2.33. The van der Waals surface area contributed by atoms with E-state index in [-0.39, 0.29) is 6.42 Å². The number of rotatable bonds is 3. The summed E-state index contributed by atoms with van der Waals surface area (Å²) in [6, 6.07) is 6.91. The molecule has 2 N–H and O–H groups in total. The summed E-state index contributed by atoms with van der Waals surface area (Å²) in [5, 5.41) is 0. The highest BCUT2D eigenvalue weighted by Gasteiger charge is 2.70. The largest absolute Gasteiger partial charge is 0.399 e. The van der Waals surface area contributed by atoms with Gasteiger partial charge in [0, 0.05) is 12.1 Å². The van der Waals surface area contributed by atoms with Crippen molar-refractivity contribution in [2.24, 2.45) is 0 Å². The highest BCUT2D eigenvalue weighted by Crippen LogP contribution is 2.64. The molecular weight excluding hydrogens is 196 g/mol. The van der Waals surface area contributed by atoms with Crippen LogP contribution in [0.15, 0.2) is 24.3 Å². The molecule has 0 radical (unpaired) electrons. The van der Waals surface area contributed by atoms with Crippen LogP contribution in [0.4, 0.5) is 14.5 Å². The Morgan fingerprint density at radius 3 is 2.53 bits per heavy atom. The lowest BCUT2D eigenvalue weighted by molar-refractivity contribution is 0.0850. The molecule has 1 saturated carbocycles. The molecule has 1 aliphatic rings. The zero-order valence-corrected chi connectivity index (χ0v) is 8.76. The van der Waals surface area contributed by atoms with E-state index in [1.807, 2.05) is 6.92 Å². The molecule has 0 bridgehead atoms. The minimum atomic E-state index is -2.54. The molecule has 3 heteroatoms. The number of anilines is 1. The lowest BCUT2D eigenvalue weighted by Gasteiger charge is -2.16. The second kappa shape index (κ2) is 3.19. The third-order valence-electron chi connectivity index (χ3n) is 3.21. The minimum absolute atomic E-state index is 0.0305. The van der Waals surface area contributed by atoms with Crippen molar-refractivity contribution < 1.29 is 8.78 Å². The van der Waals surface area contributed by atoms with Crippen molar-refractivity contribution in [3.63, 3.8) is 0 Å². The second-order valence-electron chi connectivity index (χ2n) is 4.34. The van der Waals surface area contributed by atoms with Gasteiger partial charge >= 0.3 is 0 Å². The maximum absolute atomic E-state index is 13.4. The molecule has 1 fully saturated rings. The van der Waals surface area contributed by atoms with E-state index in [4.69, 9.17) is 5.73 Å². The molecule has 0 amide bonds. The Morgan fingerprint density at radius 1 is 1.40 bits per heavy atom. The molecule has 0 aromatic heterocycles. The molecule has 0 heterocycles. The quantitative estimate of drug-likeness (QED) is 0.762. The highest BCUT2D eigenvalue weighted by molar-refractivity contribution is 5.47. The molecule has 1 unspecified atom stereocenters. The van der Waals surface area contributed by atoms with Gasteiger partial charge in [0.15, 0.2) is 0 Å². The molecular formula is C12H15F2N. The molecule has 15 heavy (non-hydrogen) atoms. The Bertz CT molecular complexity index is 376. The maximum atomic E-state index is 13.4. The Balaban J connectivity index is 2.36. The smallest absolute Gasteiger partial charge is 0.258 e. The first-order valence-corrected chi connectivity index (χ1v) is 5.26. The van der Waals surface area contributed by atoms with Crippen molar-refractivity contribution >= 4 is 5.69 Å². The molecule has 1 aromatic carbocycles. The summed E-state index contributed by atoms with van der Waals surface area (Å²) in [6.45, 7) is 1.93. The van der Waals surface area contributed by atoms with Gasteiger partial charge in [0.2, 0.25) is 0 Å². The number of hydrogen-bond acceptors (Lipinski definition) is 1. The van der Waals surface area contributed by atoms with Crippen LogP contribution in [0.3, 0.4) is 0 Å². The monoisotopic (exact) mass is 211 g/mol. The number of nitrogens with two attached hydrogens (primary N) is 1. The molecule has 1 atom stereocenters. The Labute approximate surface area is 88.3 Å². The van der Waals surface area contributed by atoms with Gasteiger partial charge in [-0.15, -0.1) is 0 Å². The average molecular weight is 211 g/mol. The summed E-state index contributed by atoms with van der Waals surface area (Å²) in [4.78, 5) is 0. The minimum Gasteiger partial charge on any atom is -0.399 e. The molecule has 1 aromatic rings. The lowest BCUT2D eigenvalue weighted by atomic mass is 9.90. The van der Waals surface area contributed by atoms with Crippen LogP contribution in [0.5, 0.6) is 0 Å². The van der Waals surface area contributed by atoms with Gasteiger partial charge in [-0.1, -0.05) is 25.5 Å². The van der Waals surface area contributed by atoms with Crippen LogP contribution in [0.2, 0.25) is 0 Å². The van der Waals surface area contributed by atoms with Gasteiger partial charge in [0.05, 0.1) is 5.41 Å². The lowest BCUT2D eigenvalue weighted by Crippen LogP contribution is -2.16. The van der Waals surface area contributed by atoms with Crippen LogP contribution >= 0.6 is 0 Å². The van der Waals surface area contributed by atoms with Crippen molar-refractivity contribution in [1.29, 1.82) is 0 Å². The average Bonchev–Trinajstić information content (AvgIpc) is 2.70.